The summed E-state index contributed by atoms with van der Waals surface area (Å²) in [6, 6.07) is 0. The molecule has 146 valence electrons. The monoisotopic (exact) mass is 397 g/mol. The number of carbonyl (C=O) groups excluding carboxylic acids is 1. The van der Waals surface area contributed by atoms with Crippen LogP contribution in [0.3, 0.4) is 0 Å². The van der Waals surface area contributed by atoms with Crippen molar-refractivity contribution in [1.82, 2.24) is 20.5 Å². The molecular formula is C18H31N5OS2. The van der Waals surface area contributed by atoms with E-state index in [4.69, 9.17) is 0 Å². The van der Waals surface area contributed by atoms with E-state index >= 15 is 0 Å². The van der Waals surface area contributed by atoms with E-state index in [9.17, 15) is 4.79 Å². The third kappa shape index (κ3) is 8.40. The van der Waals surface area contributed by atoms with Crippen molar-refractivity contribution in [2.75, 3.05) is 38.5 Å². The Bertz CT molecular complexity index is 536. The minimum atomic E-state index is 0.320. The maximum absolute atomic E-state index is 12.0. The highest BCUT2D eigenvalue weighted by molar-refractivity contribution is 8.00. The lowest BCUT2D eigenvalue weighted by Gasteiger charge is -2.20. The summed E-state index contributed by atoms with van der Waals surface area (Å²) < 4.78 is 1.13. The van der Waals surface area contributed by atoms with Crippen LogP contribution in [-0.4, -0.2) is 60.2 Å². The molecule has 1 saturated heterocycles. The highest BCUT2D eigenvalue weighted by atomic mass is 32.2. The molecule has 2 heterocycles. The van der Waals surface area contributed by atoms with Crippen molar-refractivity contribution in [3.8, 4) is 0 Å². The molecular weight excluding hydrogens is 366 g/mol. The van der Waals surface area contributed by atoms with E-state index in [0.717, 1.165) is 80.9 Å². The molecule has 1 aromatic rings. The Morgan fingerprint density at radius 3 is 3.08 bits per heavy atom. The summed E-state index contributed by atoms with van der Waals surface area (Å²) in [5, 5.41) is 8.67. The third-order valence-electron chi connectivity index (χ3n) is 4.12. The normalized spacial score (nSPS) is 15.8. The van der Waals surface area contributed by atoms with Gasteiger partial charge in [0.2, 0.25) is 5.91 Å². The number of nitrogens with one attached hydrogen (secondary N) is 2. The molecule has 2 N–H and O–H groups in total. The van der Waals surface area contributed by atoms with E-state index in [-0.39, 0.29) is 0 Å². The first-order valence-electron chi connectivity index (χ1n) is 9.62. The molecule has 0 atom stereocenters. The Balaban J connectivity index is 1.60. The van der Waals surface area contributed by atoms with Crippen molar-refractivity contribution >= 4 is 35.0 Å². The number of guanidine groups is 1. The molecule has 0 aromatic carbocycles. The first-order chi connectivity index (χ1) is 12.8. The number of aliphatic imine (C=N–C) groups is 1. The van der Waals surface area contributed by atoms with Crippen LogP contribution in [0.4, 0.5) is 0 Å². The molecule has 1 aromatic heterocycles. The Morgan fingerprint density at radius 1 is 1.35 bits per heavy atom. The van der Waals surface area contributed by atoms with Crippen LogP contribution in [0, 0.1) is 0 Å². The number of thiazole rings is 1. The van der Waals surface area contributed by atoms with Crippen molar-refractivity contribution in [3.63, 3.8) is 0 Å². The second kappa shape index (κ2) is 13.0. The van der Waals surface area contributed by atoms with Gasteiger partial charge in [-0.2, -0.15) is 0 Å². The largest absolute Gasteiger partial charge is 0.357 e. The molecule has 8 heteroatoms. The highest BCUT2D eigenvalue weighted by Gasteiger charge is 2.15. The number of amides is 1. The molecule has 0 spiro atoms. The molecule has 0 unspecified atom stereocenters. The van der Waals surface area contributed by atoms with Gasteiger partial charge in [-0.05, 0) is 32.6 Å². The highest BCUT2D eigenvalue weighted by Crippen LogP contribution is 2.20. The molecule has 0 radical (unpaired) electrons. The number of thioether (sulfide) groups is 1. The topological polar surface area (TPSA) is 69.6 Å². The number of nitrogens with zero attached hydrogens (tertiary/aromatic N) is 3. The van der Waals surface area contributed by atoms with Gasteiger partial charge in [-0.15, -0.1) is 11.3 Å². The zero-order chi connectivity index (χ0) is 18.5. The molecule has 0 aliphatic carbocycles. The number of rotatable bonds is 10. The first kappa shape index (κ1) is 21.0. The summed E-state index contributed by atoms with van der Waals surface area (Å²) in [6.07, 6.45) is 7.92. The van der Waals surface area contributed by atoms with E-state index in [0.29, 0.717) is 5.91 Å². The van der Waals surface area contributed by atoms with E-state index in [2.05, 4.69) is 27.5 Å². The Morgan fingerprint density at radius 2 is 2.27 bits per heavy atom. The lowest BCUT2D eigenvalue weighted by atomic mass is 10.2. The number of hydrogen-bond acceptors (Lipinski definition) is 5. The fourth-order valence-corrected chi connectivity index (χ4v) is 4.42. The lowest BCUT2D eigenvalue weighted by Crippen LogP contribution is -2.39. The fraction of sp³-hybridized carbons (Fsp3) is 0.722. The second-order valence-corrected chi connectivity index (χ2v) is 8.47. The van der Waals surface area contributed by atoms with Crippen molar-refractivity contribution in [2.24, 2.45) is 4.99 Å². The van der Waals surface area contributed by atoms with Crippen LogP contribution in [0.25, 0.3) is 0 Å². The number of likely N-dealkylation sites (tertiary alicyclic amines) is 1. The van der Waals surface area contributed by atoms with E-state index in [1.165, 1.54) is 6.42 Å². The Hall–Kier alpha value is -1.28. The molecule has 6 nitrogen and oxygen atoms in total. The van der Waals surface area contributed by atoms with Crippen LogP contribution in [0.1, 0.15) is 45.4 Å². The van der Waals surface area contributed by atoms with Gasteiger partial charge in [0.15, 0.2) is 5.96 Å². The molecule has 1 aliphatic heterocycles. The van der Waals surface area contributed by atoms with Crippen LogP contribution in [-0.2, 0) is 4.79 Å². The van der Waals surface area contributed by atoms with Crippen molar-refractivity contribution < 1.29 is 4.79 Å². The van der Waals surface area contributed by atoms with Crippen molar-refractivity contribution in [3.05, 3.63) is 11.6 Å². The second-order valence-electron chi connectivity index (χ2n) is 6.23. The predicted molar refractivity (Wildman–Crippen MR) is 111 cm³/mol. The van der Waals surface area contributed by atoms with Crippen molar-refractivity contribution in [1.29, 1.82) is 0 Å². The van der Waals surface area contributed by atoms with E-state index < -0.39 is 0 Å². The van der Waals surface area contributed by atoms with Crippen LogP contribution in [0.15, 0.2) is 20.9 Å². The Kier molecular flexibility index (Phi) is 10.5. The van der Waals surface area contributed by atoms with Gasteiger partial charge in [0, 0.05) is 56.5 Å². The summed E-state index contributed by atoms with van der Waals surface area (Å²) in [4.78, 5) is 22.9. The van der Waals surface area contributed by atoms with Crippen molar-refractivity contribution in [2.45, 2.75) is 49.8 Å². The standard InChI is InChI=1S/C18H31N5OS2/c1-2-19-17(21-10-7-14-25-18-22-11-15-26-18)20-9-6-13-23-12-5-3-4-8-16(23)24/h11,15H,2-10,12-14H2,1H3,(H2,19,20,21). The minimum Gasteiger partial charge on any atom is -0.357 e. The summed E-state index contributed by atoms with van der Waals surface area (Å²) in [6.45, 7) is 6.33. The average molecular weight is 398 g/mol. The molecule has 2 rings (SSSR count). The summed E-state index contributed by atoms with van der Waals surface area (Å²) in [5.41, 5.74) is 0. The Labute approximate surface area is 165 Å². The molecule has 1 amide bonds. The van der Waals surface area contributed by atoms with E-state index in [1.54, 1.807) is 23.1 Å². The van der Waals surface area contributed by atoms with Gasteiger partial charge in [0.25, 0.3) is 0 Å². The van der Waals surface area contributed by atoms with Gasteiger partial charge < -0.3 is 15.5 Å². The van der Waals surface area contributed by atoms with Gasteiger partial charge >= 0.3 is 0 Å². The number of hydrogen-bond donors (Lipinski definition) is 2. The lowest BCUT2D eigenvalue weighted by molar-refractivity contribution is -0.130. The summed E-state index contributed by atoms with van der Waals surface area (Å²) >= 11 is 3.48. The van der Waals surface area contributed by atoms with Crippen LogP contribution in [0.5, 0.6) is 0 Å². The zero-order valence-electron chi connectivity index (χ0n) is 15.7. The summed E-state index contributed by atoms with van der Waals surface area (Å²) in [7, 11) is 0. The average Bonchev–Trinajstić information content (AvgIpc) is 3.07. The SMILES string of the molecule is CCNC(=NCCCSc1nccs1)NCCCN1CCCCCC1=O. The fourth-order valence-electron chi connectivity index (χ4n) is 2.79. The van der Waals surface area contributed by atoms with Gasteiger partial charge in [-0.1, -0.05) is 18.2 Å². The van der Waals surface area contributed by atoms with Crippen LogP contribution >= 0.6 is 23.1 Å². The third-order valence-corrected chi connectivity index (χ3v) is 6.17. The zero-order valence-corrected chi connectivity index (χ0v) is 17.3. The molecule has 1 fully saturated rings. The van der Waals surface area contributed by atoms with Crippen LogP contribution < -0.4 is 10.6 Å². The maximum atomic E-state index is 12.0. The quantitative estimate of drug-likeness (QED) is 0.275. The minimum absolute atomic E-state index is 0.320. The van der Waals surface area contributed by atoms with Gasteiger partial charge in [0.05, 0.1) is 0 Å². The maximum Gasteiger partial charge on any atom is 0.222 e. The van der Waals surface area contributed by atoms with Gasteiger partial charge in [-0.25, -0.2) is 4.98 Å². The smallest absolute Gasteiger partial charge is 0.222 e. The number of carbonyl (C=O) groups is 1. The molecule has 26 heavy (non-hydrogen) atoms. The summed E-state index contributed by atoms with van der Waals surface area (Å²) in [5.74, 6) is 2.22. The first-order valence-corrected chi connectivity index (χ1v) is 11.5. The predicted octanol–water partition coefficient (Wildman–Crippen LogP) is 2.97. The van der Waals surface area contributed by atoms with Gasteiger partial charge in [0.1, 0.15) is 4.34 Å². The van der Waals surface area contributed by atoms with Crippen LogP contribution in [0.2, 0.25) is 0 Å². The molecule has 0 bridgehead atoms. The van der Waals surface area contributed by atoms with Gasteiger partial charge in [-0.3, -0.25) is 9.79 Å². The molecule has 0 saturated carbocycles. The molecule has 1 aliphatic rings. The van der Waals surface area contributed by atoms with E-state index in [1.807, 2.05) is 16.5 Å². The number of aromatic nitrogens is 1.